The average molecular weight is 449 g/mol. The molecule has 0 aliphatic carbocycles. The zero-order chi connectivity index (χ0) is 23.7. The van der Waals surface area contributed by atoms with Gasteiger partial charge in [-0.1, -0.05) is 12.1 Å². The Labute approximate surface area is 182 Å². The molecule has 0 saturated carbocycles. The number of aromatic nitrogens is 3. The summed E-state index contributed by atoms with van der Waals surface area (Å²) in [6, 6.07) is 9.60. The van der Waals surface area contributed by atoms with E-state index in [1.54, 1.807) is 32.2 Å². The summed E-state index contributed by atoms with van der Waals surface area (Å²) in [6.45, 7) is 4.76. The van der Waals surface area contributed by atoms with Crippen molar-refractivity contribution in [3.05, 3.63) is 59.4 Å². The molecule has 32 heavy (non-hydrogen) atoms. The van der Waals surface area contributed by atoms with Crippen LogP contribution in [0.5, 0.6) is 11.5 Å². The minimum absolute atomic E-state index is 0.0738. The molecule has 0 atom stereocenters. The molecule has 0 bridgehead atoms. The lowest BCUT2D eigenvalue weighted by molar-refractivity contribution is -0.152. The first kappa shape index (κ1) is 23.1. The second-order valence-corrected chi connectivity index (χ2v) is 7.68. The quantitative estimate of drug-likeness (QED) is 0.566. The summed E-state index contributed by atoms with van der Waals surface area (Å²) in [5, 5.41) is 13.4. The van der Waals surface area contributed by atoms with Gasteiger partial charge in [0.15, 0.2) is 17.2 Å². The Morgan fingerprint density at radius 2 is 1.78 bits per heavy atom. The molecule has 0 aliphatic rings. The summed E-state index contributed by atoms with van der Waals surface area (Å²) in [6.07, 6.45) is -4.41. The number of ether oxygens (including phenoxy) is 2. The van der Waals surface area contributed by atoms with Gasteiger partial charge in [-0.25, -0.2) is 14.5 Å². The Bertz CT molecular complexity index is 1120. The Morgan fingerprint density at radius 1 is 1.12 bits per heavy atom. The molecule has 1 aromatic heterocycles. The lowest BCUT2D eigenvalue weighted by Gasteiger charge is -2.23. The number of rotatable bonds is 7. The number of hydrogen-bond donors (Lipinski definition) is 1. The van der Waals surface area contributed by atoms with E-state index in [0.29, 0.717) is 28.5 Å². The number of hydrogen-bond acceptors (Lipinski definition) is 5. The number of aryl methyl sites for hydroxylation is 2. The first-order chi connectivity index (χ1) is 14.9. The zero-order valence-corrected chi connectivity index (χ0v) is 17.9. The second-order valence-electron chi connectivity index (χ2n) is 7.68. The number of halogens is 3. The van der Waals surface area contributed by atoms with Gasteiger partial charge in [0, 0.05) is 12.6 Å². The Balaban J connectivity index is 1.70. The van der Waals surface area contributed by atoms with Crippen molar-refractivity contribution in [2.24, 2.45) is 7.05 Å². The molecule has 0 radical (unpaired) electrons. The minimum Gasteiger partial charge on any atom is -0.486 e. The van der Waals surface area contributed by atoms with Gasteiger partial charge in [0.1, 0.15) is 18.1 Å². The first-order valence-corrected chi connectivity index (χ1v) is 9.60. The van der Waals surface area contributed by atoms with Gasteiger partial charge in [0.05, 0.1) is 5.56 Å². The van der Waals surface area contributed by atoms with Gasteiger partial charge in [-0.3, -0.25) is 0 Å². The van der Waals surface area contributed by atoms with Gasteiger partial charge in [0.2, 0.25) is 0 Å². The third-order valence-electron chi connectivity index (χ3n) is 4.72. The maximum absolute atomic E-state index is 12.7. The maximum atomic E-state index is 12.7. The van der Waals surface area contributed by atoms with Crippen LogP contribution in [0.2, 0.25) is 0 Å². The molecule has 170 valence electrons. The van der Waals surface area contributed by atoms with Gasteiger partial charge < -0.3 is 14.6 Å². The molecule has 1 N–H and O–H groups in total. The van der Waals surface area contributed by atoms with E-state index in [9.17, 15) is 23.1 Å². The van der Waals surface area contributed by atoms with Crippen LogP contribution in [0.25, 0.3) is 11.4 Å². The van der Waals surface area contributed by atoms with E-state index >= 15 is 0 Å². The van der Waals surface area contributed by atoms with Crippen molar-refractivity contribution in [1.82, 2.24) is 14.8 Å². The van der Waals surface area contributed by atoms with Gasteiger partial charge in [-0.2, -0.15) is 18.3 Å². The number of aliphatic carboxylic acids is 1. The van der Waals surface area contributed by atoms with E-state index in [2.05, 4.69) is 10.1 Å². The molecular formula is C22H22F3N3O4. The highest BCUT2D eigenvalue weighted by Crippen LogP contribution is 2.31. The predicted octanol–water partition coefficient (Wildman–Crippen LogP) is 4.63. The van der Waals surface area contributed by atoms with Crippen molar-refractivity contribution in [2.75, 3.05) is 0 Å². The Morgan fingerprint density at radius 3 is 2.34 bits per heavy atom. The van der Waals surface area contributed by atoms with Crippen molar-refractivity contribution in [2.45, 2.75) is 39.2 Å². The second kappa shape index (κ2) is 8.52. The third-order valence-corrected chi connectivity index (χ3v) is 4.72. The Kier molecular flexibility index (Phi) is 6.16. The van der Waals surface area contributed by atoms with Crippen LogP contribution in [0.4, 0.5) is 13.2 Å². The lowest BCUT2D eigenvalue weighted by atomic mass is 10.1. The van der Waals surface area contributed by atoms with E-state index in [1.807, 2.05) is 0 Å². The van der Waals surface area contributed by atoms with E-state index < -0.39 is 23.3 Å². The van der Waals surface area contributed by atoms with Crippen molar-refractivity contribution >= 4 is 5.97 Å². The van der Waals surface area contributed by atoms with Crippen molar-refractivity contribution in [1.29, 1.82) is 0 Å². The van der Waals surface area contributed by atoms with Crippen LogP contribution < -0.4 is 9.47 Å². The fourth-order valence-electron chi connectivity index (χ4n) is 2.77. The van der Waals surface area contributed by atoms with Crippen LogP contribution in [-0.4, -0.2) is 31.4 Å². The molecule has 0 fully saturated rings. The number of carbonyl (C=O) groups is 1. The van der Waals surface area contributed by atoms with E-state index in [4.69, 9.17) is 9.47 Å². The summed E-state index contributed by atoms with van der Waals surface area (Å²) >= 11 is 0. The van der Waals surface area contributed by atoms with Crippen molar-refractivity contribution in [3.63, 3.8) is 0 Å². The van der Waals surface area contributed by atoms with Crippen molar-refractivity contribution < 1.29 is 32.5 Å². The van der Waals surface area contributed by atoms with E-state index in [-0.39, 0.29) is 12.4 Å². The SMILES string of the molecule is Cc1cc(OCc2nc(-c3ccc(C(F)(F)F)cc3)nn2C)ccc1OC(C)(C)C(=O)O. The Hall–Kier alpha value is -3.56. The molecule has 0 aliphatic heterocycles. The summed E-state index contributed by atoms with van der Waals surface area (Å²) < 4.78 is 51.0. The molecule has 10 heteroatoms. The minimum atomic E-state index is -4.41. The van der Waals surface area contributed by atoms with Crippen LogP contribution in [0.1, 0.15) is 30.8 Å². The van der Waals surface area contributed by atoms with Crippen LogP contribution in [0, 0.1) is 6.92 Å². The molecule has 0 spiro atoms. The monoisotopic (exact) mass is 449 g/mol. The topological polar surface area (TPSA) is 86.5 Å². The number of carboxylic acids is 1. The van der Waals surface area contributed by atoms with Gasteiger partial charge >= 0.3 is 12.1 Å². The maximum Gasteiger partial charge on any atom is 0.416 e. The highest BCUT2D eigenvalue weighted by Gasteiger charge is 2.31. The predicted molar refractivity (Wildman–Crippen MR) is 109 cm³/mol. The normalized spacial score (nSPS) is 12.0. The molecule has 1 heterocycles. The summed E-state index contributed by atoms with van der Waals surface area (Å²) in [5.41, 5.74) is -0.964. The smallest absolute Gasteiger partial charge is 0.416 e. The highest BCUT2D eigenvalue weighted by atomic mass is 19.4. The first-order valence-electron chi connectivity index (χ1n) is 9.60. The molecule has 3 aromatic rings. The largest absolute Gasteiger partial charge is 0.486 e. The molecule has 0 unspecified atom stereocenters. The lowest BCUT2D eigenvalue weighted by Crippen LogP contribution is -2.38. The summed E-state index contributed by atoms with van der Waals surface area (Å²) in [4.78, 5) is 15.6. The number of carboxylic acid groups (broad SMARTS) is 1. The van der Waals surface area contributed by atoms with E-state index in [1.165, 1.54) is 30.7 Å². The number of benzene rings is 2. The number of alkyl halides is 3. The molecule has 2 aromatic carbocycles. The summed E-state index contributed by atoms with van der Waals surface area (Å²) in [5.74, 6) is 0.624. The van der Waals surface area contributed by atoms with Gasteiger partial charge in [-0.15, -0.1) is 0 Å². The van der Waals surface area contributed by atoms with Crippen LogP contribution >= 0.6 is 0 Å². The van der Waals surface area contributed by atoms with E-state index in [0.717, 1.165) is 12.1 Å². The van der Waals surface area contributed by atoms with Crippen molar-refractivity contribution in [3.8, 4) is 22.9 Å². The van der Waals surface area contributed by atoms with Gasteiger partial charge in [-0.05, 0) is 56.7 Å². The molecular weight excluding hydrogens is 427 g/mol. The molecule has 0 saturated heterocycles. The van der Waals surface area contributed by atoms with Gasteiger partial charge in [0.25, 0.3) is 0 Å². The molecule has 0 amide bonds. The highest BCUT2D eigenvalue weighted by molar-refractivity contribution is 5.76. The standard InChI is InChI=1S/C22H22F3N3O4/c1-13-11-16(9-10-17(13)32-21(2,3)20(29)30)31-12-18-26-19(27-28(18)4)14-5-7-15(8-6-14)22(23,24)25/h5-11H,12H2,1-4H3,(H,29,30). The zero-order valence-electron chi connectivity index (χ0n) is 17.9. The van der Waals surface area contributed by atoms with Crippen LogP contribution in [0.3, 0.4) is 0 Å². The molecule has 3 rings (SSSR count). The third kappa shape index (κ3) is 5.19. The summed E-state index contributed by atoms with van der Waals surface area (Å²) in [7, 11) is 1.66. The average Bonchev–Trinajstić information content (AvgIpc) is 3.08. The van der Waals surface area contributed by atoms with Crippen LogP contribution in [0.15, 0.2) is 42.5 Å². The molecule has 7 nitrogen and oxygen atoms in total. The van der Waals surface area contributed by atoms with Crippen LogP contribution in [-0.2, 0) is 24.6 Å². The fourth-order valence-corrected chi connectivity index (χ4v) is 2.77. The number of nitrogens with zero attached hydrogens (tertiary/aromatic N) is 3. The fraction of sp³-hybridized carbons (Fsp3) is 0.318.